The Bertz CT molecular complexity index is 745. The van der Waals surface area contributed by atoms with Gasteiger partial charge in [0.05, 0.1) is 10.7 Å². The minimum atomic E-state index is -0.0271. The molecule has 0 saturated carbocycles. The predicted octanol–water partition coefficient (Wildman–Crippen LogP) is 6.07. The Balaban J connectivity index is 2.20. The van der Waals surface area contributed by atoms with Crippen LogP contribution in [0.3, 0.4) is 0 Å². The summed E-state index contributed by atoms with van der Waals surface area (Å²) in [6, 6.07) is 10.2. The largest absolute Gasteiger partial charge is 0.288 e. The number of allylic oxidation sites excluding steroid dienone is 3. The standard InChI is InChI=1S/C21H25BrN2O/c1-3-5-7-10-18(15-17-11-8-6-9-12-17)13-14-20(25)21-19(22)16-23-24(21)4-2/h6,8-9,11-16H,3-5,7,10H2,1-2H3/b14-13+,18-15-. The van der Waals surface area contributed by atoms with Crippen LogP contribution in [-0.4, -0.2) is 15.6 Å². The van der Waals surface area contributed by atoms with Gasteiger partial charge in [-0.15, -0.1) is 0 Å². The third-order valence-corrected chi connectivity index (χ3v) is 4.58. The molecule has 0 saturated heterocycles. The van der Waals surface area contributed by atoms with Crippen LogP contribution in [0.25, 0.3) is 6.08 Å². The van der Waals surface area contributed by atoms with Gasteiger partial charge in [-0.2, -0.15) is 5.10 Å². The van der Waals surface area contributed by atoms with Crippen LogP contribution in [0.4, 0.5) is 0 Å². The lowest BCUT2D eigenvalue weighted by molar-refractivity contribution is 0.103. The van der Waals surface area contributed by atoms with Crippen LogP contribution in [0.15, 0.2) is 58.7 Å². The fourth-order valence-corrected chi connectivity index (χ4v) is 3.15. The zero-order chi connectivity index (χ0) is 18.1. The van der Waals surface area contributed by atoms with Gasteiger partial charge >= 0.3 is 0 Å². The van der Waals surface area contributed by atoms with E-state index in [0.29, 0.717) is 12.2 Å². The summed E-state index contributed by atoms with van der Waals surface area (Å²) in [4.78, 5) is 12.6. The van der Waals surface area contributed by atoms with E-state index < -0.39 is 0 Å². The van der Waals surface area contributed by atoms with E-state index >= 15 is 0 Å². The molecule has 3 nitrogen and oxygen atoms in total. The molecule has 0 bridgehead atoms. The van der Waals surface area contributed by atoms with Gasteiger partial charge in [0, 0.05) is 6.54 Å². The highest BCUT2D eigenvalue weighted by atomic mass is 79.9. The summed E-state index contributed by atoms with van der Waals surface area (Å²) in [7, 11) is 0. The highest BCUT2D eigenvalue weighted by Gasteiger charge is 2.13. The molecule has 0 unspecified atom stereocenters. The molecule has 1 aromatic heterocycles. The molecule has 0 aliphatic rings. The summed E-state index contributed by atoms with van der Waals surface area (Å²) in [5, 5.41) is 4.21. The quantitative estimate of drug-likeness (QED) is 0.221. The first-order valence-electron chi connectivity index (χ1n) is 8.85. The number of aryl methyl sites for hydroxylation is 1. The summed E-state index contributed by atoms with van der Waals surface area (Å²) >= 11 is 3.42. The molecule has 0 spiro atoms. The molecule has 132 valence electrons. The van der Waals surface area contributed by atoms with Crippen LogP contribution >= 0.6 is 15.9 Å². The Morgan fingerprint density at radius 3 is 2.60 bits per heavy atom. The zero-order valence-corrected chi connectivity index (χ0v) is 16.5. The number of carbonyl (C=O) groups excluding carboxylic acids is 1. The van der Waals surface area contributed by atoms with Crippen molar-refractivity contribution in [3.05, 3.63) is 70.0 Å². The minimum Gasteiger partial charge on any atom is -0.288 e. The molecule has 0 N–H and O–H groups in total. The van der Waals surface area contributed by atoms with Crippen molar-refractivity contribution >= 4 is 27.8 Å². The van der Waals surface area contributed by atoms with E-state index in [9.17, 15) is 4.79 Å². The number of benzene rings is 1. The number of aromatic nitrogens is 2. The minimum absolute atomic E-state index is 0.0271. The third kappa shape index (κ3) is 5.82. The monoisotopic (exact) mass is 400 g/mol. The Hall–Kier alpha value is -1.94. The van der Waals surface area contributed by atoms with Crippen molar-refractivity contribution in [2.45, 2.75) is 46.1 Å². The Labute approximate surface area is 158 Å². The molecule has 2 rings (SSSR count). The van der Waals surface area contributed by atoms with E-state index in [0.717, 1.165) is 22.9 Å². The lowest BCUT2D eigenvalue weighted by Crippen LogP contribution is -2.08. The maximum absolute atomic E-state index is 12.6. The Morgan fingerprint density at radius 2 is 1.92 bits per heavy atom. The molecule has 0 atom stereocenters. The lowest BCUT2D eigenvalue weighted by Gasteiger charge is -2.04. The van der Waals surface area contributed by atoms with Crippen LogP contribution < -0.4 is 0 Å². The second-order valence-electron chi connectivity index (χ2n) is 5.94. The molecule has 0 amide bonds. The normalized spacial score (nSPS) is 12.0. The molecule has 0 aliphatic carbocycles. The number of nitrogens with zero attached hydrogens (tertiary/aromatic N) is 2. The average molecular weight is 401 g/mol. The summed E-state index contributed by atoms with van der Waals surface area (Å²) in [5.41, 5.74) is 2.93. The van der Waals surface area contributed by atoms with E-state index in [4.69, 9.17) is 0 Å². The first kappa shape index (κ1) is 19.4. The van der Waals surface area contributed by atoms with Crippen molar-refractivity contribution in [2.75, 3.05) is 0 Å². The SMILES string of the molecule is CCCCCC(=C/c1ccccc1)/C=C/C(=O)c1c(Br)cnn1CC. The van der Waals surface area contributed by atoms with Crippen LogP contribution in [0.1, 0.15) is 55.6 Å². The van der Waals surface area contributed by atoms with E-state index in [1.807, 2.05) is 31.2 Å². The first-order valence-corrected chi connectivity index (χ1v) is 9.64. The van der Waals surface area contributed by atoms with E-state index in [-0.39, 0.29) is 5.78 Å². The molecule has 1 aromatic carbocycles. The van der Waals surface area contributed by atoms with Crippen molar-refractivity contribution in [3.63, 3.8) is 0 Å². The second-order valence-corrected chi connectivity index (χ2v) is 6.80. The maximum Gasteiger partial charge on any atom is 0.205 e. The van der Waals surface area contributed by atoms with Crippen LogP contribution in [-0.2, 0) is 6.54 Å². The number of halogens is 1. The molecule has 25 heavy (non-hydrogen) atoms. The zero-order valence-electron chi connectivity index (χ0n) is 14.9. The second kappa shape index (κ2) is 10.1. The van der Waals surface area contributed by atoms with Crippen LogP contribution in [0, 0.1) is 0 Å². The van der Waals surface area contributed by atoms with Gasteiger partial charge in [0.1, 0.15) is 5.69 Å². The summed E-state index contributed by atoms with van der Waals surface area (Å²) in [6.07, 6.45) is 11.9. The number of ketones is 1. The molecule has 2 aromatic rings. The number of hydrogen-bond donors (Lipinski definition) is 0. The number of hydrogen-bond acceptors (Lipinski definition) is 2. The van der Waals surface area contributed by atoms with Gasteiger partial charge in [0.15, 0.2) is 0 Å². The topological polar surface area (TPSA) is 34.9 Å². The van der Waals surface area contributed by atoms with Crippen LogP contribution in [0.5, 0.6) is 0 Å². The van der Waals surface area contributed by atoms with E-state index in [1.54, 1.807) is 17.0 Å². The van der Waals surface area contributed by atoms with Crippen molar-refractivity contribution in [2.24, 2.45) is 0 Å². The van der Waals surface area contributed by atoms with Gasteiger partial charge in [-0.05, 0) is 52.9 Å². The van der Waals surface area contributed by atoms with Gasteiger partial charge in [-0.25, -0.2) is 0 Å². The van der Waals surface area contributed by atoms with Crippen molar-refractivity contribution in [3.8, 4) is 0 Å². The van der Waals surface area contributed by atoms with Crippen molar-refractivity contribution < 1.29 is 4.79 Å². The fraction of sp³-hybridized carbons (Fsp3) is 0.333. The summed E-state index contributed by atoms with van der Waals surface area (Å²) in [5.74, 6) is -0.0271. The van der Waals surface area contributed by atoms with Gasteiger partial charge in [0.2, 0.25) is 5.78 Å². The highest BCUT2D eigenvalue weighted by Crippen LogP contribution is 2.19. The number of unbranched alkanes of at least 4 members (excludes halogenated alkanes) is 2. The first-order chi connectivity index (χ1) is 12.2. The van der Waals surface area contributed by atoms with Crippen LogP contribution in [0.2, 0.25) is 0 Å². The molecule has 0 fully saturated rings. The molecule has 0 radical (unpaired) electrons. The average Bonchev–Trinajstić information content (AvgIpc) is 3.01. The summed E-state index contributed by atoms with van der Waals surface area (Å²) < 4.78 is 2.46. The smallest absolute Gasteiger partial charge is 0.205 e. The van der Waals surface area contributed by atoms with Crippen molar-refractivity contribution in [1.29, 1.82) is 0 Å². The fourth-order valence-electron chi connectivity index (χ4n) is 2.65. The van der Waals surface area contributed by atoms with Gasteiger partial charge in [-0.1, -0.05) is 62.2 Å². The molecular weight excluding hydrogens is 376 g/mol. The van der Waals surface area contributed by atoms with E-state index in [1.165, 1.54) is 18.4 Å². The van der Waals surface area contributed by atoms with Gasteiger partial charge < -0.3 is 0 Å². The Morgan fingerprint density at radius 1 is 1.16 bits per heavy atom. The molecular formula is C21H25BrN2O. The molecule has 1 heterocycles. The van der Waals surface area contributed by atoms with Crippen molar-refractivity contribution in [1.82, 2.24) is 9.78 Å². The third-order valence-electron chi connectivity index (χ3n) is 4.00. The number of carbonyl (C=O) groups is 1. The van der Waals surface area contributed by atoms with Gasteiger partial charge in [0.25, 0.3) is 0 Å². The molecule has 0 aliphatic heterocycles. The number of rotatable bonds is 9. The highest BCUT2D eigenvalue weighted by molar-refractivity contribution is 9.10. The lowest BCUT2D eigenvalue weighted by atomic mass is 10.0. The molecule has 4 heteroatoms. The van der Waals surface area contributed by atoms with Gasteiger partial charge in [-0.3, -0.25) is 9.48 Å². The summed E-state index contributed by atoms with van der Waals surface area (Å²) in [6.45, 7) is 4.85. The maximum atomic E-state index is 12.6. The van der Waals surface area contributed by atoms with E-state index in [2.05, 4.69) is 46.2 Å². The predicted molar refractivity (Wildman–Crippen MR) is 108 cm³/mol. The Kier molecular flexibility index (Phi) is 7.86.